The second kappa shape index (κ2) is 8.18. The highest BCUT2D eigenvalue weighted by Gasteiger charge is 2.10. The van der Waals surface area contributed by atoms with Crippen LogP contribution in [0.1, 0.15) is 20.8 Å². The molecule has 0 bridgehead atoms. The van der Waals surface area contributed by atoms with Crippen LogP contribution in [0.25, 0.3) is 0 Å². The first kappa shape index (κ1) is 18.7. The zero-order valence-corrected chi connectivity index (χ0v) is 16.9. The highest BCUT2D eigenvalue weighted by Crippen LogP contribution is 2.19. The topological polar surface area (TPSA) is 64.7 Å². The highest BCUT2D eigenvalue weighted by atomic mass is 35.5. The Bertz CT molecular complexity index is 1100. The van der Waals surface area contributed by atoms with Gasteiger partial charge in [-0.15, -0.1) is 11.3 Å². The summed E-state index contributed by atoms with van der Waals surface area (Å²) in [6.45, 7) is 1.19. The van der Waals surface area contributed by atoms with Gasteiger partial charge in [0, 0.05) is 18.1 Å². The molecule has 0 fully saturated rings. The average molecular weight is 432 g/mol. The Morgan fingerprint density at radius 3 is 2.14 bits per heavy atom. The quantitative estimate of drug-likeness (QED) is 0.476. The molecule has 4 rings (SSSR count). The van der Waals surface area contributed by atoms with Crippen LogP contribution in [0.5, 0.6) is 0 Å². The number of hydrogen-bond acceptors (Lipinski definition) is 4. The first-order chi connectivity index (χ1) is 13.5. The maximum Gasteiger partial charge on any atom is 0.265 e. The zero-order valence-electron chi connectivity index (χ0n) is 14.5. The molecule has 3 heterocycles. The van der Waals surface area contributed by atoms with Gasteiger partial charge in [0.2, 0.25) is 0 Å². The van der Waals surface area contributed by atoms with Gasteiger partial charge < -0.3 is 5.32 Å². The molecule has 6 nitrogen and oxygen atoms in total. The minimum Gasteiger partial charge on any atom is -0.321 e. The Morgan fingerprint density at radius 1 is 0.964 bits per heavy atom. The van der Waals surface area contributed by atoms with Crippen molar-refractivity contribution in [3.05, 3.63) is 86.5 Å². The largest absolute Gasteiger partial charge is 0.321 e. The molecule has 1 aromatic carbocycles. The van der Waals surface area contributed by atoms with Crippen molar-refractivity contribution in [3.63, 3.8) is 0 Å². The monoisotopic (exact) mass is 431 g/mol. The number of amides is 1. The van der Waals surface area contributed by atoms with Crippen molar-refractivity contribution in [1.29, 1.82) is 0 Å². The van der Waals surface area contributed by atoms with Crippen LogP contribution in [0.4, 0.5) is 5.69 Å². The number of anilines is 1. The van der Waals surface area contributed by atoms with Crippen LogP contribution in [-0.4, -0.2) is 25.5 Å². The van der Waals surface area contributed by atoms with Gasteiger partial charge in [-0.2, -0.15) is 10.2 Å². The van der Waals surface area contributed by atoms with Crippen molar-refractivity contribution < 1.29 is 4.79 Å². The van der Waals surface area contributed by atoms with Crippen molar-refractivity contribution in [2.24, 2.45) is 0 Å². The van der Waals surface area contributed by atoms with E-state index >= 15 is 0 Å². The summed E-state index contributed by atoms with van der Waals surface area (Å²) in [6.07, 6.45) is 6.71. The Kier molecular flexibility index (Phi) is 5.47. The van der Waals surface area contributed by atoms with E-state index in [4.69, 9.17) is 23.2 Å². The van der Waals surface area contributed by atoms with E-state index in [0.717, 1.165) is 16.8 Å². The van der Waals surface area contributed by atoms with Gasteiger partial charge in [0.05, 0.1) is 40.4 Å². The van der Waals surface area contributed by atoms with E-state index in [-0.39, 0.29) is 5.91 Å². The molecule has 9 heteroatoms. The Balaban J connectivity index is 1.36. The molecular formula is C19H15Cl2N5OS. The van der Waals surface area contributed by atoms with Gasteiger partial charge in [0.25, 0.3) is 5.91 Å². The number of rotatable bonds is 6. The molecule has 0 aliphatic rings. The van der Waals surface area contributed by atoms with E-state index in [9.17, 15) is 4.79 Å². The summed E-state index contributed by atoms with van der Waals surface area (Å²) in [6, 6.07) is 9.52. The molecule has 0 saturated heterocycles. The SMILES string of the molecule is O=C(Nc1ccc(Cn2cc(Cl)cn2)cc1)c1cc(Cn2cc(Cl)cn2)cs1. The van der Waals surface area contributed by atoms with Crippen molar-refractivity contribution in [2.75, 3.05) is 5.32 Å². The van der Waals surface area contributed by atoms with Gasteiger partial charge in [-0.25, -0.2) is 0 Å². The second-order valence-corrected chi connectivity index (χ2v) is 7.97. The summed E-state index contributed by atoms with van der Waals surface area (Å²) >= 11 is 13.1. The molecule has 4 aromatic rings. The number of nitrogens with zero attached hydrogens (tertiary/aromatic N) is 4. The third-order valence-corrected chi connectivity index (χ3v) is 5.35. The fourth-order valence-corrected chi connectivity index (χ4v) is 3.80. The summed E-state index contributed by atoms with van der Waals surface area (Å²) in [7, 11) is 0. The van der Waals surface area contributed by atoms with Gasteiger partial charge in [-0.3, -0.25) is 14.2 Å². The van der Waals surface area contributed by atoms with Crippen molar-refractivity contribution in [1.82, 2.24) is 19.6 Å². The summed E-state index contributed by atoms with van der Waals surface area (Å²) in [5, 5.41) is 14.4. The standard InChI is InChI=1S/C19H15Cl2N5OS/c20-15-6-22-25(10-15)8-13-1-3-17(4-2-13)24-19(27)18-5-14(12-28-18)9-26-11-16(21)7-23-26/h1-7,10-12H,8-9H2,(H,24,27). The van der Waals surface area contributed by atoms with E-state index in [1.807, 2.05) is 35.7 Å². The summed E-state index contributed by atoms with van der Waals surface area (Å²) in [5.74, 6) is -0.138. The molecule has 0 aliphatic heterocycles. The molecule has 1 amide bonds. The molecular weight excluding hydrogens is 417 g/mol. The summed E-state index contributed by atoms with van der Waals surface area (Å²) in [4.78, 5) is 13.1. The van der Waals surface area contributed by atoms with Crippen LogP contribution in [0, 0.1) is 0 Å². The fraction of sp³-hybridized carbons (Fsp3) is 0.105. The number of halogens is 2. The predicted octanol–water partition coefficient (Wildman–Crippen LogP) is 4.80. The van der Waals surface area contributed by atoms with Crippen LogP contribution < -0.4 is 5.32 Å². The van der Waals surface area contributed by atoms with Crippen LogP contribution in [0.15, 0.2) is 60.5 Å². The maximum atomic E-state index is 12.5. The molecule has 142 valence electrons. The van der Waals surface area contributed by atoms with Crippen LogP contribution in [0.2, 0.25) is 10.0 Å². The Morgan fingerprint density at radius 2 is 1.57 bits per heavy atom. The molecule has 0 atom stereocenters. The van der Waals surface area contributed by atoms with Gasteiger partial charge in [-0.1, -0.05) is 35.3 Å². The highest BCUT2D eigenvalue weighted by molar-refractivity contribution is 7.12. The number of benzene rings is 1. The minimum atomic E-state index is -0.138. The lowest BCUT2D eigenvalue weighted by Crippen LogP contribution is -2.10. The lowest BCUT2D eigenvalue weighted by Gasteiger charge is -2.06. The Hall–Kier alpha value is -2.61. The van der Waals surface area contributed by atoms with Crippen molar-refractivity contribution in [3.8, 4) is 0 Å². The first-order valence-corrected chi connectivity index (χ1v) is 10.0. The van der Waals surface area contributed by atoms with E-state index in [2.05, 4.69) is 15.5 Å². The summed E-state index contributed by atoms with van der Waals surface area (Å²) in [5.41, 5.74) is 2.80. The van der Waals surface area contributed by atoms with E-state index in [1.54, 1.807) is 34.2 Å². The molecule has 0 unspecified atom stereocenters. The number of carbonyl (C=O) groups is 1. The van der Waals surface area contributed by atoms with E-state index < -0.39 is 0 Å². The zero-order chi connectivity index (χ0) is 19.5. The third-order valence-electron chi connectivity index (χ3n) is 3.98. The lowest BCUT2D eigenvalue weighted by molar-refractivity contribution is 0.103. The average Bonchev–Trinajstić information content (AvgIpc) is 3.40. The second-order valence-electron chi connectivity index (χ2n) is 6.18. The first-order valence-electron chi connectivity index (χ1n) is 8.39. The van der Waals surface area contributed by atoms with E-state index in [1.165, 1.54) is 11.3 Å². The predicted molar refractivity (Wildman–Crippen MR) is 111 cm³/mol. The van der Waals surface area contributed by atoms with Gasteiger partial charge in [0.15, 0.2) is 0 Å². The van der Waals surface area contributed by atoms with Gasteiger partial charge >= 0.3 is 0 Å². The normalized spacial score (nSPS) is 10.9. The number of hydrogen-bond donors (Lipinski definition) is 1. The number of carbonyl (C=O) groups excluding carboxylic acids is 1. The van der Waals surface area contributed by atoms with Crippen molar-refractivity contribution >= 4 is 46.1 Å². The number of nitrogens with one attached hydrogen (secondary N) is 1. The molecule has 28 heavy (non-hydrogen) atoms. The van der Waals surface area contributed by atoms with Crippen LogP contribution in [-0.2, 0) is 13.1 Å². The fourth-order valence-electron chi connectivity index (χ4n) is 2.69. The molecule has 0 spiro atoms. The third kappa shape index (κ3) is 4.62. The maximum absolute atomic E-state index is 12.5. The molecule has 0 saturated carbocycles. The minimum absolute atomic E-state index is 0.138. The summed E-state index contributed by atoms with van der Waals surface area (Å²) < 4.78 is 3.49. The van der Waals surface area contributed by atoms with Crippen LogP contribution >= 0.6 is 34.5 Å². The van der Waals surface area contributed by atoms with Gasteiger partial charge in [0.1, 0.15) is 0 Å². The number of thiophene rings is 1. The van der Waals surface area contributed by atoms with Gasteiger partial charge in [-0.05, 0) is 34.7 Å². The van der Waals surface area contributed by atoms with Crippen molar-refractivity contribution in [2.45, 2.75) is 13.1 Å². The molecule has 0 radical (unpaired) electrons. The molecule has 0 aliphatic carbocycles. The number of aromatic nitrogens is 4. The smallest absolute Gasteiger partial charge is 0.265 e. The Labute approximate surface area is 175 Å². The molecule has 1 N–H and O–H groups in total. The molecule has 3 aromatic heterocycles. The lowest BCUT2D eigenvalue weighted by atomic mass is 10.2. The van der Waals surface area contributed by atoms with E-state index in [0.29, 0.717) is 28.0 Å². The van der Waals surface area contributed by atoms with Crippen LogP contribution in [0.3, 0.4) is 0 Å².